The van der Waals surface area contributed by atoms with Gasteiger partial charge in [-0.05, 0) is 62.3 Å². The van der Waals surface area contributed by atoms with Crippen LogP contribution in [0.25, 0.3) is 0 Å². The molecule has 0 radical (unpaired) electrons. The molecule has 2 saturated carbocycles. The fraction of sp³-hybridized carbons (Fsp3) is 1.00. The molecule has 0 spiro atoms. The van der Waals surface area contributed by atoms with E-state index in [0.717, 1.165) is 11.8 Å². The molecule has 0 saturated heterocycles. The Balaban J connectivity index is 1.61. The van der Waals surface area contributed by atoms with Gasteiger partial charge in [0.15, 0.2) is 0 Å². The largest absolute Gasteiger partial charge is 0.328 e. The molecular formula is C14H28N2. The van der Waals surface area contributed by atoms with E-state index in [9.17, 15) is 0 Å². The van der Waals surface area contributed by atoms with Crippen molar-refractivity contribution in [2.45, 2.75) is 58.4 Å². The van der Waals surface area contributed by atoms with E-state index in [2.05, 4.69) is 19.2 Å². The van der Waals surface area contributed by atoms with Crippen LogP contribution >= 0.6 is 0 Å². The first-order valence-electron chi connectivity index (χ1n) is 7.09. The Bertz CT molecular complexity index is 213. The van der Waals surface area contributed by atoms with Crippen molar-refractivity contribution in [1.29, 1.82) is 0 Å². The lowest BCUT2D eigenvalue weighted by molar-refractivity contribution is 0.286. The van der Waals surface area contributed by atoms with E-state index >= 15 is 0 Å². The minimum absolute atomic E-state index is 0.488. The predicted octanol–water partition coefficient (Wildman–Crippen LogP) is 2.53. The molecule has 0 amide bonds. The molecule has 0 heterocycles. The van der Waals surface area contributed by atoms with Crippen LogP contribution < -0.4 is 11.1 Å². The quantitative estimate of drug-likeness (QED) is 0.753. The molecule has 0 atom stereocenters. The van der Waals surface area contributed by atoms with Crippen LogP contribution in [0.4, 0.5) is 0 Å². The van der Waals surface area contributed by atoms with Gasteiger partial charge in [0.05, 0.1) is 0 Å². The predicted molar refractivity (Wildman–Crippen MR) is 69.3 cm³/mol. The lowest BCUT2D eigenvalue weighted by Crippen LogP contribution is -2.35. The Morgan fingerprint density at radius 2 is 1.81 bits per heavy atom. The van der Waals surface area contributed by atoms with Crippen molar-refractivity contribution >= 4 is 0 Å². The van der Waals surface area contributed by atoms with Gasteiger partial charge >= 0.3 is 0 Å². The number of rotatable bonds is 5. The highest BCUT2D eigenvalue weighted by Gasteiger charge is 2.44. The molecule has 0 aliphatic heterocycles. The van der Waals surface area contributed by atoms with Gasteiger partial charge in [-0.2, -0.15) is 0 Å². The highest BCUT2D eigenvalue weighted by atomic mass is 14.9. The standard InChI is InChI=1S/C14H28N2/c1-11(2)14(7-8-14)10-16-9-12-3-5-13(15)6-4-12/h11-13,16H,3-10,15H2,1-2H3. The van der Waals surface area contributed by atoms with Gasteiger partial charge in [-0.3, -0.25) is 0 Å². The summed E-state index contributed by atoms with van der Waals surface area (Å²) < 4.78 is 0. The van der Waals surface area contributed by atoms with Crippen LogP contribution in [0.2, 0.25) is 0 Å². The molecule has 2 aliphatic rings. The second-order valence-corrected chi connectivity index (χ2v) is 6.43. The zero-order chi connectivity index (χ0) is 11.6. The first kappa shape index (κ1) is 12.4. The van der Waals surface area contributed by atoms with E-state index < -0.39 is 0 Å². The minimum Gasteiger partial charge on any atom is -0.328 e. The summed E-state index contributed by atoms with van der Waals surface area (Å²) >= 11 is 0. The summed E-state index contributed by atoms with van der Waals surface area (Å²) in [7, 11) is 0. The maximum Gasteiger partial charge on any atom is 0.00390 e. The Morgan fingerprint density at radius 3 is 2.31 bits per heavy atom. The molecular weight excluding hydrogens is 196 g/mol. The third-order valence-corrected chi connectivity index (χ3v) is 4.92. The maximum atomic E-state index is 5.92. The summed E-state index contributed by atoms with van der Waals surface area (Å²) in [6.45, 7) is 7.21. The third-order valence-electron chi connectivity index (χ3n) is 4.92. The van der Waals surface area contributed by atoms with Gasteiger partial charge in [-0.15, -0.1) is 0 Å². The third kappa shape index (κ3) is 2.98. The normalized spacial score (nSPS) is 33.0. The molecule has 0 aromatic carbocycles. The lowest BCUT2D eigenvalue weighted by Gasteiger charge is -2.27. The smallest absolute Gasteiger partial charge is 0.00390 e. The summed E-state index contributed by atoms with van der Waals surface area (Å²) in [5.74, 6) is 1.74. The van der Waals surface area contributed by atoms with E-state index in [1.165, 1.54) is 51.6 Å². The zero-order valence-corrected chi connectivity index (χ0v) is 11.0. The van der Waals surface area contributed by atoms with E-state index in [-0.39, 0.29) is 0 Å². The maximum absolute atomic E-state index is 5.92. The van der Waals surface area contributed by atoms with Gasteiger partial charge in [0.2, 0.25) is 0 Å². The highest BCUT2D eigenvalue weighted by molar-refractivity contribution is 4.97. The molecule has 0 aromatic heterocycles. The van der Waals surface area contributed by atoms with Crippen molar-refractivity contribution in [3.05, 3.63) is 0 Å². The number of nitrogens with two attached hydrogens (primary N) is 1. The van der Waals surface area contributed by atoms with Crippen molar-refractivity contribution in [2.24, 2.45) is 23.0 Å². The number of nitrogens with one attached hydrogen (secondary N) is 1. The van der Waals surface area contributed by atoms with Gasteiger partial charge in [0.1, 0.15) is 0 Å². The molecule has 2 rings (SSSR count). The Morgan fingerprint density at radius 1 is 1.19 bits per heavy atom. The van der Waals surface area contributed by atoms with Gasteiger partial charge in [0.25, 0.3) is 0 Å². The molecule has 2 heteroatoms. The Kier molecular flexibility index (Phi) is 3.91. The lowest BCUT2D eigenvalue weighted by atomic mass is 9.86. The first-order valence-corrected chi connectivity index (χ1v) is 7.09. The molecule has 2 nitrogen and oxygen atoms in total. The van der Waals surface area contributed by atoms with Crippen LogP contribution in [-0.4, -0.2) is 19.1 Å². The van der Waals surface area contributed by atoms with Gasteiger partial charge in [0, 0.05) is 12.6 Å². The van der Waals surface area contributed by atoms with Crippen molar-refractivity contribution in [2.75, 3.05) is 13.1 Å². The number of hydrogen-bond donors (Lipinski definition) is 2. The summed E-state index contributed by atoms with van der Waals surface area (Å²) in [6.07, 6.45) is 8.02. The van der Waals surface area contributed by atoms with E-state index in [0.29, 0.717) is 11.5 Å². The van der Waals surface area contributed by atoms with Gasteiger partial charge in [-0.1, -0.05) is 13.8 Å². The highest BCUT2D eigenvalue weighted by Crippen LogP contribution is 2.51. The van der Waals surface area contributed by atoms with E-state index in [1.54, 1.807) is 0 Å². The fourth-order valence-electron chi connectivity index (χ4n) is 3.04. The summed E-state index contributed by atoms with van der Waals surface area (Å²) in [5.41, 5.74) is 6.58. The molecule has 0 aromatic rings. The fourth-order valence-corrected chi connectivity index (χ4v) is 3.04. The van der Waals surface area contributed by atoms with Gasteiger partial charge < -0.3 is 11.1 Å². The van der Waals surface area contributed by atoms with Crippen molar-refractivity contribution < 1.29 is 0 Å². The van der Waals surface area contributed by atoms with Crippen molar-refractivity contribution in [3.63, 3.8) is 0 Å². The van der Waals surface area contributed by atoms with Crippen LogP contribution in [0, 0.1) is 17.3 Å². The van der Waals surface area contributed by atoms with Crippen molar-refractivity contribution in [3.8, 4) is 0 Å². The number of hydrogen-bond acceptors (Lipinski definition) is 2. The Labute approximate surface area is 100 Å². The molecule has 2 fully saturated rings. The van der Waals surface area contributed by atoms with Crippen molar-refractivity contribution in [1.82, 2.24) is 5.32 Å². The summed E-state index contributed by atoms with van der Waals surface area (Å²) in [5, 5.41) is 3.71. The summed E-state index contributed by atoms with van der Waals surface area (Å²) in [6, 6.07) is 0.488. The van der Waals surface area contributed by atoms with E-state index in [4.69, 9.17) is 5.73 Å². The van der Waals surface area contributed by atoms with Crippen LogP contribution in [0.5, 0.6) is 0 Å². The average molecular weight is 224 g/mol. The summed E-state index contributed by atoms with van der Waals surface area (Å²) in [4.78, 5) is 0. The SMILES string of the molecule is CC(C)C1(CNCC2CCC(N)CC2)CC1. The van der Waals surface area contributed by atoms with Crippen LogP contribution in [0.15, 0.2) is 0 Å². The average Bonchev–Trinajstić information content (AvgIpc) is 3.02. The molecule has 0 bridgehead atoms. The van der Waals surface area contributed by atoms with Gasteiger partial charge in [-0.25, -0.2) is 0 Å². The molecule has 3 N–H and O–H groups in total. The second-order valence-electron chi connectivity index (χ2n) is 6.43. The molecule has 94 valence electrons. The minimum atomic E-state index is 0.488. The molecule has 0 unspecified atom stereocenters. The monoisotopic (exact) mass is 224 g/mol. The zero-order valence-electron chi connectivity index (χ0n) is 11.0. The van der Waals surface area contributed by atoms with Crippen LogP contribution in [-0.2, 0) is 0 Å². The Hall–Kier alpha value is -0.0800. The van der Waals surface area contributed by atoms with Crippen LogP contribution in [0.1, 0.15) is 52.4 Å². The second kappa shape index (κ2) is 5.05. The first-order chi connectivity index (χ1) is 7.62. The topological polar surface area (TPSA) is 38.0 Å². The molecule has 2 aliphatic carbocycles. The molecule has 16 heavy (non-hydrogen) atoms. The van der Waals surface area contributed by atoms with E-state index in [1.807, 2.05) is 0 Å². The van der Waals surface area contributed by atoms with Crippen LogP contribution in [0.3, 0.4) is 0 Å².